The molecule has 3 aromatic rings. The molecule has 3 aromatic carbocycles. The summed E-state index contributed by atoms with van der Waals surface area (Å²) in [5.74, 6) is -1.19. The van der Waals surface area contributed by atoms with Gasteiger partial charge in [-0.15, -0.1) is 0 Å². The number of carbonyl (C=O) groups is 1. The van der Waals surface area contributed by atoms with Gasteiger partial charge in [-0.2, -0.15) is 0 Å². The van der Waals surface area contributed by atoms with Gasteiger partial charge < -0.3 is 14.7 Å². The zero-order valence-electron chi connectivity index (χ0n) is 18.7. The van der Waals surface area contributed by atoms with Crippen LogP contribution in [0.1, 0.15) is 10.4 Å². The zero-order valence-corrected chi connectivity index (χ0v) is 21.1. The molecule has 0 radical (unpaired) electrons. The van der Waals surface area contributed by atoms with E-state index in [0.29, 0.717) is 37.0 Å². The predicted molar refractivity (Wildman–Crippen MR) is 136 cm³/mol. The first-order chi connectivity index (χ1) is 17.0. The fourth-order valence-corrected chi connectivity index (χ4v) is 5.83. The lowest BCUT2D eigenvalue weighted by atomic mass is 10.2. The highest BCUT2D eigenvalue weighted by Crippen LogP contribution is 2.32. The molecule has 0 bridgehead atoms. The normalized spacial score (nSPS) is 14.3. The third-order valence-corrected chi connectivity index (χ3v) is 8.39. The second kappa shape index (κ2) is 10.3. The molecule has 190 valence electrons. The maximum absolute atomic E-state index is 13.1. The van der Waals surface area contributed by atoms with Crippen molar-refractivity contribution < 1.29 is 31.5 Å². The number of sulfonamides is 2. The van der Waals surface area contributed by atoms with Gasteiger partial charge in [-0.25, -0.2) is 21.6 Å². The van der Waals surface area contributed by atoms with E-state index in [1.807, 2.05) is 4.90 Å². The van der Waals surface area contributed by atoms with Crippen LogP contribution in [0.3, 0.4) is 0 Å². The lowest BCUT2D eigenvalue weighted by molar-refractivity contribution is 0.0696. The molecular weight excluding hydrogens is 530 g/mol. The SMILES string of the molecule is O=C(O)c1ccc(S(=O)(=O)Nc2cc(S(=O)(=O)Nc3ccc(Cl)cc3)ccc2N2CCOCC2)cc1. The van der Waals surface area contributed by atoms with Crippen molar-refractivity contribution in [2.45, 2.75) is 9.79 Å². The predicted octanol–water partition coefficient (Wildman–Crippen LogP) is 3.48. The van der Waals surface area contributed by atoms with Crippen LogP contribution in [0.5, 0.6) is 0 Å². The van der Waals surface area contributed by atoms with Crippen LogP contribution in [0.2, 0.25) is 5.02 Å². The van der Waals surface area contributed by atoms with Crippen LogP contribution >= 0.6 is 11.6 Å². The zero-order chi connectivity index (χ0) is 25.9. The van der Waals surface area contributed by atoms with E-state index in [2.05, 4.69) is 9.44 Å². The van der Waals surface area contributed by atoms with Gasteiger partial charge in [0.15, 0.2) is 0 Å². The third-order valence-electron chi connectivity index (χ3n) is 5.38. The average molecular weight is 552 g/mol. The van der Waals surface area contributed by atoms with Crippen molar-refractivity contribution in [1.29, 1.82) is 0 Å². The summed E-state index contributed by atoms with van der Waals surface area (Å²) in [7, 11) is -8.24. The molecule has 0 unspecified atom stereocenters. The van der Waals surface area contributed by atoms with E-state index in [4.69, 9.17) is 21.4 Å². The molecule has 0 aliphatic carbocycles. The maximum atomic E-state index is 13.1. The van der Waals surface area contributed by atoms with Gasteiger partial charge in [-0.3, -0.25) is 9.44 Å². The first kappa shape index (κ1) is 25.8. The number of nitrogens with zero attached hydrogens (tertiary/aromatic N) is 1. The molecule has 10 nitrogen and oxygen atoms in total. The number of morpholine rings is 1. The summed E-state index contributed by atoms with van der Waals surface area (Å²) in [6.45, 7) is 1.83. The van der Waals surface area contributed by atoms with Gasteiger partial charge >= 0.3 is 5.97 Å². The van der Waals surface area contributed by atoms with Gasteiger partial charge in [-0.05, 0) is 66.7 Å². The number of anilines is 3. The second-order valence-electron chi connectivity index (χ2n) is 7.83. The van der Waals surface area contributed by atoms with E-state index in [9.17, 15) is 21.6 Å². The summed E-state index contributed by atoms with van der Waals surface area (Å²) >= 11 is 5.86. The first-order valence-electron chi connectivity index (χ1n) is 10.7. The van der Waals surface area contributed by atoms with Crippen LogP contribution in [-0.4, -0.2) is 54.2 Å². The van der Waals surface area contributed by atoms with Gasteiger partial charge in [0.1, 0.15) is 0 Å². The van der Waals surface area contributed by atoms with Gasteiger partial charge in [0, 0.05) is 23.8 Å². The monoisotopic (exact) mass is 551 g/mol. The summed E-state index contributed by atoms with van der Waals surface area (Å²) in [5, 5.41) is 9.52. The number of hydrogen-bond donors (Lipinski definition) is 3. The van der Waals surface area contributed by atoms with E-state index in [1.165, 1.54) is 66.7 Å². The number of aromatic carboxylic acids is 1. The summed E-state index contributed by atoms with van der Waals surface area (Å²) in [6.07, 6.45) is 0. The van der Waals surface area contributed by atoms with Crippen LogP contribution in [0.15, 0.2) is 76.5 Å². The number of nitrogens with one attached hydrogen (secondary N) is 2. The minimum absolute atomic E-state index is 0.0539. The van der Waals surface area contributed by atoms with Crippen molar-refractivity contribution in [2.24, 2.45) is 0 Å². The summed E-state index contributed by atoms with van der Waals surface area (Å²) < 4.78 is 62.6. The van der Waals surface area contributed by atoms with Crippen LogP contribution in [0.25, 0.3) is 0 Å². The van der Waals surface area contributed by atoms with Crippen LogP contribution < -0.4 is 14.3 Å². The van der Waals surface area contributed by atoms with Crippen molar-refractivity contribution >= 4 is 54.7 Å². The van der Waals surface area contributed by atoms with Crippen LogP contribution in [0.4, 0.5) is 17.1 Å². The molecule has 0 amide bonds. The highest BCUT2D eigenvalue weighted by atomic mass is 35.5. The molecule has 0 aromatic heterocycles. The number of ether oxygens (including phenoxy) is 1. The van der Waals surface area contributed by atoms with E-state index < -0.39 is 26.0 Å². The maximum Gasteiger partial charge on any atom is 0.335 e. The van der Waals surface area contributed by atoms with Crippen LogP contribution in [0, 0.1) is 0 Å². The number of carboxylic acids is 1. The summed E-state index contributed by atoms with van der Waals surface area (Å²) in [4.78, 5) is 12.7. The van der Waals surface area contributed by atoms with Gasteiger partial charge in [-0.1, -0.05) is 11.6 Å². The third kappa shape index (κ3) is 5.90. The Balaban J connectivity index is 1.71. The molecule has 13 heteroatoms. The standard InChI is InChI=1S/C23H22ClN3O7S2/c24-17-3-5-18(6-4-17)25-36(32,33)20-9-10-22(27-11-13-34-14-12-27)21(15-20)26-35(30,31)19-7-1-16(2-8-19)23(28)29/h1-10,15,25-26H,11-14H2,(H,28,29). The number of carboxylic acid groups (broad SMARTS) is 1. The van der Waals surface area contributed by atoms with Crippen molar-refractivity contribution in [2.75, 3.05) is 40.6 Å². The Morgan fingerprint density at radius 2 is 1.42 bits per heavy atom. The van der Waals surface area contributed by atoms with Gasteiger partial charge in [0.25, 0.3) is 20.0 Å². The highest BCUT2D eigenvalue weighted by molar-refractivity contribution is 7.93. The molecule has 1 heterocycles. The molecule has 0 atom stereocenters. The van der Waals surface area contributed by atoms with Crippen LogP contribution in [-0.2, 0) is 24.8 Å². The lowest BCUT2D eigenvalue weighted by Crippen LogP contribution is -2.36. The Hall–Kier alpha value is -3.32. The molecule has 0 saturated carbocycles. The molecule has 3 N–H and O–H groups in total. The van der Waals surface area contributed by atoms with E-state index >= 15 is 0 Å². The van der Waals surface area contributed by atoms with E-state index in [-0.39, 0.29) is 26.7 Å². The highest BCUT2D eigenvalue weighted by Gasteiger charge is 2.24. The minimum Gasteiger partial charge on any atom is -0.478 e. The van der Waals surface area contributed by atoms with E-state index in [0.717, 1.165) is 0 Å². The molecule has 1 fully saturated rings. The number of hydrogen-bond acceptors (Lipinski definition) is 7. The fourth-order valence-electron chi connectivity index (χ4n) is 3.56. The number of benzene rings is 3. The Labute approximate surface area is 213 Å². The van der Waals surface area contributed by atoms with Gasteiger partial charge in [0.05, 0.1) is 39.9 Å². The van der Waals surface area contributed by atoms with E-state index in [1.54, 1.807) is 0 Å². The second-order valence-corrected chi connectivity index (χ2v) is 11.6. The fraction of sp³-hybridized carbons (Fsp3) is 0.174. The van der Waals surface area contributed by atoms with Crippen molar-refractivity contribution in [3.63, 3.8) is 0 Å². The van der Waals surface area contributed by atoms with Gasteiger partial charge in [0.2, 0.25) is 0 Å². The molecular formula is C23H22ClN3O7S2. The molecule has 1 aliphatic rings. The first-order valence-corrected chi connectivity index (χ1v) is 14.0. The Bertz CT molecular complexity index is 1470. The average Bonchev–Trinajstić information content (AvgIpc) is 2.85. The molecule has 1 aliphatic heterocycles. The Morgan fingerprint density at radius 3 is 2.03 bits per heavy atom. The summed E-state index contributed by atoms with van der Waals surface area (Å²) in [5.41, 5.74) is 0.759. The van der Waals surface area contributed by atoms with Crippen molar-refractivity contribution in [3.8, 4) is 0 Å². The van der Waals surface area contributed by atoms with Crippen molar-refractivity contribution in [3.05, 3.63) is 77.3 Å². The topological polar surface area (TPSA) is 142 Å². The minimum atomic E-state index is -4.17. The molecule has 0 spiro atoms. The number of rotatable bonds is 8. The Morgan fingerprint density at radius 1 is 0.833 bits per heavy atom. The quantitative estimate of drug-likeness (QED) is 0.386. The van der Waals surface area contributed by atoms with Crippen molar-refractivity contribution in [1.82, 2.24) is 0 Å². The number of halogens is 1. The lowest BCUT2D eigenvalue weighted by Gasteiger charge is -2.31. The molecule has 36 heavy (non-hydrogen) atoms. The molecule has 4 rings (SSSR count). The largest absolute Gasteiger partial charge is 0.478 e. The Kier molecular flexibility index (Phi) is 7.41. The smallest absolute Gasteiger partial charge is 0.335 e. The molecule has 1 saturated heterocycles. The summed E-state index contributed by atoms with van der Waals surface area (Å²) in [6, 6.07) is 15.0.